The molecule has 0 saturated carbocycles. The normalized spacial score (nSPS) is 29.9. The molecule has 2 aromatic rings. The number of ether oxygens (including phenoxy) is 3. The predicted molar refractivity (Wildman–Crippen MR) is 104 cm³/mol. The van der Waals surface area contributed by atoms with E-state index in [1.807, 2.05) is 4.98 Å². The maximum Gasteiger partial charge on any atom is 0.475 e. The first-order valence-electron chi connectivity index (χ1n) is 10.1. The monoisotopic (exact) mass is 488 g/mol. The molecule has 0 radical (unpaired) electrons. The molecule has 4 atom stereocenters. The highest BCUT2D eigenvalue weighted by Gasteiger charge is 2.48. The second-order valence-corrected chi connectivity index (χ2v) is 9.21. The van der Waals surface area contributed by atoms with Crippen LogP contribution in [0.5, 0.6) is 0 Å². The van der Waals surface area contributed by atoms with Crippen molar-refractivity contribution in [2.24, 2.45) is 0 Å². The molecule has 3 saturated heterocycles. The van der Waals surface area contributed by atoms with E-state index in [0.717, 1.165) is 10.8 Å². The van der Waals surface area contributed by atoms with Crippen LogP contribution in [-0.2, 0) is 39.0 Å². The molecule has 3 fully saturated rings. The zero-order valence-corrected chi connectivity index (χ0v) is 17.9. The van der Waals surface area contributed by atoms with Gasteiger partial charge in [-0.25, -0.2) is 13.8 Å². The smallest absolute Gasteiger partial charge is 0.349 e. The largest absolute Gasteiger partial charge is 0.475 e. The Bertz CT molecular complexity index is 1210. The Balaban J connectivity index is 1.27. The SMILES string of the molecule is O=c1[nH]c(=O)n([C@H]2C[C@@H]3OP(=O)(OCc4ccc(F)cc4C4OCCO4)OC[C@H]3O2)cc1F. The number of nitrogens with zero attached hydrogens (tertiary/aromatic N) is 1. The summed E-state index contributed by atoms with van der Waals surface area (Å²) in [5.74, 6) is -1.64. The van der Waals surface area contributed by atoms with Crippen LogP contribution in [0.15, 0.2) is 34.0 Å². The summed E-state index contributed by atoms with van der Waals surface area (Å²) in [6.45, 7) is 0.323. The van der Waals surface area contributed by atoms with Gasteiger partial charge in [-0.05, 0) is 17.7 Å². The highest BCUT2D eigenvalue weighted by atomic mass is 31.2. The van der Waals surface area contributed by atoms with Crippen LogP contribution in [0.2, 0.25) is 0 Å². The summed E-state index contributed by atoms with van der Waals surface area (Å²) in [5.41, 5.74) is -1.12. The molecule has 0 spiro atoms. The molecular formula is C19H19F2N2O9P. The lowest BCUT2D eigenvalue weighted by atomic mass is 10.1. The van der Waals surface area contributed by atoms with Crippen LogP contribution in [-0.4, -0.2) is 41.6 Å². The van der Waals surface area contributed by atoms with Crippen LogP contribution in [0.1, 0.15) is 30.1 Å². The first-order chi connectivity index (χ1) is 15.8. The Morgan fingerprint density at radius 1 is 1.18 bits per heavy atom. The van der Waals surface area contributed by atoms with Crippen molar-refractivity contribution in [3.8, 4) is 0 Å². The van der Waals surface area contributed by atoms with Gasteiger partial charge >= 0.3 is 13.5 Å². The van der Waals surface area contributed by atoms with Crippen molar-refractivity contribution in [3.05, 3.63) is 68.0 Å². The van der Waals surface area contributed by atoms with Gasteiger partial charge in [0.15, 0.2) is 6.29 Å². The molecule has 14 heteroatoms. The van der Waals surface area contributed by atoms with Crippen molar-refractivity contribution in [3.63, 3.8) is 0 Å². The number of hydrogen-bond donors (Lipinski definition) is 1. The number of benzene rings is 1. The topological polar surface area (TPSA) is 127 Å². The molecule has 3 aliphatic rings. The van der Waals surface area contributed by atoms with E-state index in [-0.39, 0.29) is 19.6 Å². The fourth-order valence-electron chi connectivity index (χ4n) is 3.84. The number of nitrogens with one attached hydrogen (secondary N) is 1. The second-order valence-electron chi connectivity index (χ2n) is 7.59. The average molecular weight is 488 g/mol. The number of aromatic amines is 1. The van der Waals surface area contributed by atoms with Gasteiger partial charge in [0, 0.05) is 12.0 Å². The summed E-state index contributed by atoms with van der Waals surface area (Å²) in [7, 11) is -4.03. The van der Waals surface area contributed by atoms with Gasteiger partial charge in [-0.15, -0.1) is 0 Å². The van der Waals surface area contributed by atoms with E-state index in [1.165, 1.54) is 18.2 Å². The van der Waals surface area contributed by atoms with E-state index in [1.54, 1.807) is 0 Å². The number of H-pyrrole nitrogens is 1. The molecule has 5 rings (SSSR count). The molecule has 0 bridgehead atoms. The van der Waals surface area contributed by atoms with Gasteiger partial charge in [-0.3, -0.25) is 27.9 Å². The highest BCUT2D eigenvalue weighted by Crippen LogP contribution is 2.57. The third kappa shape index (κ3) is 4.58. The summed E-state index contributed by atoms with van der Waals surface area (Å²) in [6.07, 6.45) is -2.41. The minimum atomic E-state index is -4.03. The summed E-state index contributed by atoms with van der Waals surface area (Å²) in [6, 6.07) is 3.93. The molecule has 1 unspecified atom stereocenters. The number of phosphoric ester groups is 1. The fraction of sp³-hybridized carbons (Fsp3) is 0.474. The van der Waals surface area contributed by atoms with E-state index in [0.29, 0.717) is 24.3 Å². The molecule has 11 nitrogen and oxygen atoms in total. The molecule has 178 valence electrons. The zero-order valence-electron chi connectivity index (χ0n) is 17.0. The van der Waals surface area contributed by atoms with E-state index < -0.39 is 55.4 Å². The third-order valence-electron chi connectivity index (χ3n) is 5.44. The van der Waals surface area contributed by atoms with Crippen LogP contribution in [0.4, 0.5) is 8.78 Å². The number of hydrogen-bond acceptors (Lipinski definition) is 9. The quantitative estimate of drug-likeness (QED) is 0.628. The Morgan fingerprint density at radius 3 is 2.76 bits per heavy atom. The number of halogens is 2. The fourth-order valence-corrected chi connectivity index (χ4v) is 5.22. The zero-order chi connectivity index (χ0) is 23.2. The van der Waals surface area contributed by atoms with Crippen LogP contribution in [0, 0.1) is 11.6 Å². The molecule has 1 aromatic carbocycles. The first-order valence-corrected chi connectivity index (χ1v) is 11.5. The lowest BCUT2D eigenvalue weighted by Crippen LogP contribution is -2.34. The molecule has 0 amide bonds. The Hall–Kier alpha value is -2.25. The molecular weight excluding hydrogens is 469 g/mol. The minimum Gasteiger partial charge on any atom is -0.349 e. The first kappa shape index (κ1) is 22.5. The number of rotatable bonds is 5. The van der Waals surface area contributed by atoms with Crippen LogP contribution >= 0.6 is 7.82 Å². The van der Waals surface area contributed by atoms with E-state index in [2.05, 4.69) is 0 Å². The van der Waals surface area contributed by atoms with Gasteiger partial charge in [0.1, 0.15) is 24.3 Å². The van der Waals surface area contributed by atoms with E-state index in [4.69, 9.17) is 27.8 Å². The van der Waals surface area contributed by atoms with Gasteiger partial charge < -0.3 is 14.2 Å². The maximum atomic E-state index is 13.7. The lowest BCUT2D eigenvalue weighted by Gasteiger charge is -2.30. The van der Waals surface area contributed by atoms with Crippen molar-refractivity contribution in [1.29, 1.82) is 0 Å². The summed E-state index contributed by atoms with van der Waals surface area (Å²) < 4.78 is 74.0. The Kier molecular flexibility index (Phi) is 6.04. The van der Waals surface area contributed by atoms with E-state index in [9.17, 15) is 22.9 Å². The van der Waals surface area contributed by atoms with Gasteiger partial charge in [0.25, 0.3) is 5.56 Å². The van der Waals surface area contributed by atoms with Crippen molar-refractivity contribution in [1.82, 2.24) is 9.55 Å². The molecule has 3 aliphatic heterocycles. The number of aromatic nitrogens is 2. The standard InChI is InChI=1S/C19H19F2N2O9P/c20-11-2-1-10(12(5-11)18-27-3-4-28-18)8-29-33(26)30-9-15-14(32-33)6-16(31-15)23-7-13(21)17(24)22-19(23)25/h1-2,5,7,14-16,18H,3-4,6,8-9H2,(H,22,24,25)/t14-,15+,16+,33?/m0/s1. The minimum absolute atomic E-state index is 0.0400. The number of phosphoric acid groups is 1. The van der Waals surface area contributed by atoms with Gasteiger partial charge in [0.2, 0.25) is 5.82 Å². The lowest BCUT2D eigenvalue weighted by molar-refractivity contribution is -0.0735. The van der Waals surface area contributed by atoms with Crippen LogP contribution in [0.3, 0.4) is 0 Å². The highest BCUT2D eigenvalue weighted by molar-refractivity contribution is 7.48. The molecule has 1 N–H and O–H groups in total. The predicted octanol–water partition coefficient (Wildman–Crippen LogP) is 1.89. The van der Waals surface area contributed by atoms with Crippen molar-refractivity contribution in [2.45, 2.75) is 37.8 Å². The third-order valence-corrected chi connectivity index (χ3v) is 6.88. The Morgan fingerprint density at radius 2 is 1.97 bits per heavy atom. The molecule has 4 heterocycles. The molecule has 33 heavy (non-hydrogen) atoms. The summed E-state index contributed by atoms with van der Waals surface area (Å²) >= 11 is 0. The van der Waals surface area contributed by atoms with Gasteiger partial charge in [0.05, 0.1) is 32.6 Å². The van der Waals surface area contributed by atoms with Crippen molar-refractivity contribution < 1.29 is 41.1 Å². The number of fused-ring (bicyclic) bond motifs is 1. The van der Waals surface area contributed by atoms with Crippen LogP contribution in [0.25, 0.3) is 0 Å². The summed E-state index contributed by atoms with van der Waals surface area (Å²) in [5, 5.41) is 0. The average Bonchev–Trinajstić information content (AvgIpc) is 3.45. The molecule has 1 aromatic heterocycles. The van der Waals surface area contributed by atoms with Crippen LogP contribution < -0.4 is 11.2 Å². The van der Waals surface area contributed by atoms with Gasteiger partial charge in [-0.2, -0.15) is 4.39 Å². The van der Waals surface area contributed by atoms with Crippen molar-refractivity contribution in [2.75, 3.05) is 19.8 Å². The van der Waals surface area contributed by atoms with E-state index >= 15 is 0 Å². The summed E-state index contributed by atoms with van der Waals surface area (Å²) in [4.78, 5) is 25.1. The van der Waals surface area contributed by atoms with Gasteiger partial charge in [-0.1, -0.05) is 6.07 Å². The van der Waals surface area contributed by atoms with Crippen molar-refractivity contribution >= 4 is 7.82 Å². The Labute approximate surface area is 184 Å². The second kappa shape index (κ2) is 8.84. The molecule has 0 aliphatic carbocycles. The maximum absolute atomic E-state index is 13.7.